The monoisotopic (exact) mass is 368 g/mol. The van der Waals surface area contributed by atoms with Crippen LogP contribution in [-0.4, -0.2) is 54.3 Å². The van der Waals surface area contributed by atoms with Gasteiger partial charge in [-0.2, -0.15) is 5.10 Å². The Balaban J connectivity index is 1.77. The van der Waals surface area contributed by atoms with Gasteiger partial charge in [-0.3, -0.25) is 4.79 Å². The van der Waals surface area contributed by atoms with Gasteiger partial charge in [-0.25, -0.2) is 9.80 Å². The number of hydrazone groups is 1. The standard InChI is InChI=1S/C19H32N2O5/c1-3-12-25-19(24)21(2)20-13-15-14(16-10-11-17(15)26-16)8-6-4-5-7-9-18(22)23/h13-17H,3-12H2,1-2H3,(H,22,23)/b20-13+. The lowest BCUT2D eigenvalue weighted by molar-refractivity contribution is -0.137. The van der Waals surface area contributed by atoms with Gasteiger partial charge in [0.15, 0.2) is 0 Å². The molecule has 148 valence electrons. The van der Waals surface area contributed by atoms with Gasteiger partial charge in [-0.05, 0) is 38.0 Å². The Morgan fingerprint density at radius 3 is 2.69 bits per heavy atom. The van der Waals surface area contributed by atoms with Crippen molar-refractivity contribution in [2.24, 2.45) is 16.9 Å². The van der Waals surface area contributed by atoms with Gasteiger partial charge in [0.2, 0.25) is 0 Å². The number of carbonyl (C=O) groups is 2. The van der Waals surface area contributed by atoms with Gasteiger partial charge < -0.3 is 14.6 Å². The van der Waals surface area contributed by atoms with E-state index >= 15 is 0 Å². The Bertz CT molecular complexity index is 496. The molecular formula is C19H32N2O5. The molecule has 2 aliphatic rings. The average molecular weight is 368 g/mol. The molecular weight excluding hydrogens is 336 g/mol. The molecule has 2 bridgehead atoms. The van der Waals surface area contributed by atoms with Crippen LogP contribution < -0.4 is 0 Å². The third-order valence-electron chi connectivity index (χ3n) is 5.27. The first kappa shape index (κ1) is 20.7. The second-order valence-corrected chi connectivity index (χ2v) is 7.28. The van der Waals surface area contributed by atoms with E-state index in [4.69, 9.17) is 14.6 Å². The Labute approximate surface area is 155 Å². The molecule has 2 saturated heterocycles. The molecule has 0 aromatic rings. The number of hydrogen-bond donors (Lipinski definition) is 1. The van der Waals surface area contributed by atoms with Crippen LogP contribution in [0.3, 0.4) is 0 Å². The second kappa shape index (κ2) is 10.5. The Kier molecular flexibility index (Phi) is 8.35. The SMILES string of the molecule is CCCOC(=O)N(C)/N=C/C1C2CCC(O2)C1CCCCCCC(=O)O. The van der Waals surface area contributed by atoms with Crippen molar-refractivity contribution in [1.29, 1.82) is 0 Å². The molecule has 4 atom stereocenters. The highest BCUT2D eigenvalue weighted by Crippen LogP contribution is 2.44. The minimum Gasteiger partial charge on any atom is -0.481 e. The number of carboxylic acids is 1. The van der Waals surface area contributed by atoms with Crippen molar-refractivity contribution >= 4 is 18.3 Å². The summed E-state index contributed by atoms with van der Waals surface area (Å²) >= 11 is 0. The number of unbranched alkanes of at least 4 members (excludes halogenated alkanes) is 3. The van der Waals surface area contributed by atoms with Gasteiger partial charge in [-0.1, -0.05) is 26.2 Å². The number of rotatable bonds is 11. The van der Waals surface area contributed by atoms with Crippen molar-refractivity contribution < 1.29 is 24.2 Å². The number of amides is 1. The summed E-state index contributed by atoms with van der Waals surface area (Å²) in [6.45, 7) is 2.36. The predicted molar refractivity (Wildman–Crippen MR) is 98.1 cm³/mol. The van der Waals surface area contributed by atoms with E-state index in [1.807, 2.05) is 13.1 Å². The van der Waals surface area contributed by atoms with Crippen LogP contribution in [0, 0.1) is 11.8 Å². The Morgan fingerprint density at radius 2 is 1.96 bits per heavy atom. The van der Waals surface area contributed by atoms with Crippen LogP contribution >= 0.6 is 0 Å². The number of fused-ring (bicyclic) bond motifs is 2. The third-order valence-corrected chi connectivity index (χ3v) is 5.27. The van der Waals surface area contributed by atoms with Crippen molar-refractivity contribution in [1.82, 2.24) is 5.01 Å². The number of aliphatic carboxylic acids is 1. The van der Waals surface area contributed by atoms with E-state index in [-0.39, 0.29) is 18.4 Å². The van der Waals surface area contributed by atoms with Gasteiger partial charge >= 0.3 is 12.1 Å². The first-order chi connectivity index (χ1) is 12.5. The first-order valence-electron chi connectivity index (χ1n) is 9.84. The fraction of sp³-hybridized carbons (Fsp3) is 0.842. The summed E-state index contributed by atoms with van der Waals surface area (Å²) in [6.07, 6.45) is 10.1. The van der Waals surface area contributed by atoms with Crippen LogP contribution in [0.15, 0.2) is 5.10 Å². The summed E-state index contributed by atoms with van der Waals surface area (Å²) in [5.74, 6) is -0.0319. The van der Waals surface area contributed by atoms with Crippen LogP contribution in [0.25, 0.3) is 0 Å². The first-order valence-corrected chi connectivity index (χ1v) is 9.84. The van der Waals surface area contributed by atoms with Gasteiger partial charge in [0.25, 0.3) is 0 Å². The van der Waals surface area contributed by atoms with Gasteiger partial charge in [0.05, 0.1) is 18.8 Å². The zero-order chi connectivity index (χ0) is 18.9. The van der Waals surface area contributed by atoms with Crippen molar-refractivity contribution in [3.8, 4) is 0 Å². The van der Waals surface area contributed by atoms with E-state index in [0.29, 0.717) is 18.6 Å². The van der Waals surface area contributed by atoms with Crippen LogP contribution in [0.2, 0.25) is 0 Å². The minimum absolute atomic E-state index is 0.209. The summed E-state index contributed by atoms with van der Waals surface area (Å²) in [7, 11) is 1.61. The molecule has 0 spiro atoms. The number of carboxylic acid groups (broad SMARTS) is 1. The highest BCUT2D eigenvalue weighted by atomic mass is 16.6. The van der Waals surface area contributed by atoms with E-state index in [9.17, 15) is 9.59 Å². The van der Waals surface area contributed by atoms with Gasteiger partial charge in [-0.15, -0.1) is 0 Å². The fourth-order valence-electron chi connectivity index (χ4n) is 3.91. The zero-order valence-corrected chi connectivity index (χ0v) is 15.9. The minimum atomic E-state index is -0.718. The fourth-order valence-corrected chi connectivity index (χ4v) is 3.91. The van der Waals surface area contributed by atoms with Crippen LogP contribution in [0.4, 0.5) is 4.79 Å². The van der Waals surface area contributed by atoms with Crippen LogP contribution in [0.1, 0.15) is 64.7 Å². The van der Waals surface area contributed by atoms with Gasteiger partial charge in [0.1, 0.15) is 0 Å². The summed E-state index contributed by atoms with van der Waals surface area (Å²) in [5.41, 5.74) is 0. The number of hydrogen-bond acceptors (Lipinski definition) is 5. The summed E-state index contributed by atoms with van der Waals surface area (Å²) in [4.78, 5) is 22.3. The van der Waals surface area contributed by atoms with E-state index in [1.165, 1.54) is 5.01 Å². The number of nitrogens with zero attached hydrogens (tertiary/aromatic N) is 2. The Hall–Kier alpha value is -1.63. The molecule has 0 aromatic carbocycles. The molecule has 0 aliphatic carbocycles. The molecule has 2 heterocycles. The largest absolute Gasteiger partial charge is 0.481 e. The quantitative estimate of drug-likeness (QED) is 0.341. The van der Waals surface area contributed by atoms with Crippen molar-refractivity contribution in [3.63, 3.8) is 0 Å². The van der Waals surface area contributed by atoms with Crippen LogP contribution in [0.5, 0.6) is 0 Å². The molecule has 1 N–H and O–H groups in total. The van der Waals surface area contributed by atoms with E-state index in [0.717, 1.165) is 51.4 Å². The Morgan fingerprint density at radius 1 is 1.23 bits per heavy atom. The normalized spacial score (nSPS) is 27.2. The molecule has 0 saturated carbocycles. The van der Waals surface area contributed by atoms with Crippen molar-refractivity contribution in [2.45, 2.75) is 76.9 Å². The van der Waals surface area contributed by atoms with Crippen molar-refractivity contribution in [2.75, 3.05) is 13.7 Å². The average Bonchev–Trinajstić information content (AvgIpc) is 3.21. The maximum Gasteiger partial charge on any atom is 0.430 e. The molecule has 1 amide bonds. The molecule has 7 heteroatoms. The molecule has 2 rings (SSSR count). The topological polar surface area (TPSA) is 88.4 Å². The molecule has 2 aliphatic heterocycles. The summed E-state index contributed by atoms with van der Waals surface area (Å²) in [5, 5.41) is 14.2. The number of carbonyl (C=O) groups excluding carboxylic acids is 1. The summed E-state index contributed by atoms with van der Waals surface area (Å²) < 4.78 is 11.1. The smallest absolute Gasteiger partial charge is 0.430 e. The highest BCUT2D eigenvalue weighted by molar-refractivity contribution is 5.70. The van der Waals surface area contributed by atoms with Crippen LogP contribution in [-0.2, 0) is 14.3 Å². The number of ether oxygens (including phenoxy) is 2. The van der Waals surface area contributed by atoms with E-state index < -0.39 is 12.1 Å². The van der Waals surface area contributed by atoms with Crippen molar-refractivity contribution in [3.05, 3.63) is 0 Å². The van der Waals surface area contributed by atoms with E-state index in [1.54, 1.807) is 7.05 Å². The lowest BCUT2D eigenvalue weighted by Gasteiger charge is -2.25. The molecule has 0 aromatic heterocycles. The molecule has 7 nitrogen and oxygen atoms in total. The maximum atomic E-state index is 11.8. The lowest BCUT2D eigenvalue weighted by atomic mass is 9.77. The third kappa shape index (κ3) is 5.97. The highest BCUT2D eigenvalue weighted by Gasteiger charge is 2.47. The molecule has 0 radical (unpaired) electrons. The van der Waals surface area contributed by atoms with E-state index in [2.05, 4.69) is 5.10 Å². The molecule has 26 heavy (non-hydrogen) atoms. The lowest BCUT2D eigenvalue weighted by Crippen LogP contribution is -2.30. The van der Waals surface area contributed by atoms with Gasteiger partial charge in [0, 0.05) is 25.6 Å². The molecule has 4 unspecified atom stereocenters. The maximum absolute atomic E-state index is 11.8. The summed E-state index contributed by atoms with van der Waals surface area (Å²) in [6, 6.07) is 0. The zero-order valence-electron chi connectivity index (χ0n) is 15.9. The predicted octanol–water partition coefficient (Wildman–Crippen LogP) is 3.67. The second-order valence-electron chi connectivity index (χ2n) is 7.28. The molecule has 2 fully saturated rings.